The lowest BCUT2D eigenvalue weighted by atomic mass is 9.90. The van der Waals surface area contributed by atoms with Crippen molar-refractivity contribution in [2.75, 3.05) is 39.3 Å². The minimum Gasteiger partial charge on any atom is -0.340 e. The molecular formula is C26H28ClF2N3O2. The van der Waals surface area contributed by atoms with Crippen molar-refractivity contribution in [2.45, 2.75) is 25.8 Å². The Morgan fingerprint density at radius 1 is 0.941 bits per heavy atom. The Labute approximate surface area is 203 Å². The van der Waals surface area contributed by atoms with Gasteiger partial charge in [-0.25, -0.2) is 8.78 Å². The second kappa shape index (κ2) is 9.27. The summed E-state index contributed by atoms with van der Waals surface area (Å²) in [7, 11) is 0. The Morgan fingerprint density at radius 2 is 1.68 bits per heavy atom. The first-order chi connectivity index (χ1) is 16.3. The summed E-state index contributed by atoms with van der Waals surface area (Å²) in [6, 6.07) is 10.7. The molecular weight excluding hydrogens is 460 g/mol. The molecule has 1 spiro atoms. The summed E-state index contributed by atoms with van der Waals surface area (Å²) in [6.45, 7) is 4.64. The highest BCUT2D eigenvalue weighted by molar-refractivity contribution is 6.31. The molecule has 0 N–H and O–H groups in total. The topological polar surface area (TPSA) is 43.9 Å². The number of carbonyl (C=O) groups excluding carboxylic acids is 2. The van der Waals surface area contributed by atoms with Crippen LogP contribution >= 0.6 is 11.6 Å². The quantitative estimate of drug-likeness (QED) is 0.649. The van der Waals surface area contributed by atoms with Crippen LogP contribution in [0.25, 0.3) is 0 Å². The monoisotopic (exact) mass is 487 g/mol. The van der Waals surface area contributed by atoms with Gasteiger partial charge in [-0.3, -0.25) is 14.5 Å². The molecule has 5 rings (SSSR count). The van der Waals surface area contributed by atoms with Gasteiger partial charge in [0, 0.05) is 56.8 Å². The van der Waals surface area contributed by atoms with Gasteiger partial charge in [0.15, 0.2) is 0 Å². The van der Waals surface area contributed by atoms with Crippen molar-refractivity contribution in [2.24, 2.45) is 11.3 Å². The molecule has 1 atom stereocenters. The third kappa shape index (κ3) is 4.68. The average Bonchev–Trinajstić information content (AvgIpc) is 3.53. The summed E-state index contributed by atoms with van der Waals surface area (Å²) in [6.07, 6.45) is 2.39. The third-order valence-electron chi connectivity index (χ3n) is 7.67. The molecule has 0 bridgehead atoms. The fraction of sp³-hybridized carbons (Fsp3) is 0.462. The normalized spacial score (nSPS) is 22.1. The number of likely N-dealkylation sites (tertiary alicyclic amines) is 1. The van der Waals surface area contributed by atoms with Crippen LogP contribution in [0.2, 0.25) is 5.02 Å². The number of piperazine rings is 1. The summed E-state index contributed by atoms with van der Waals surface area (Å²) >= 11 is 5.94. The molecule has 0 unspecified atom stereocenters. The first-order valence-electron chi connectivity index (χ1n) is 11.8. The van der Waals surface area contributed by atoms with E-state index in [1.54, 1.807) is 17.0 Å². The van der Waals surface area contributed by atoms with E-state index in [1.807, 2.05) is 11.0 Å². The smallest absolute Gasteiger partial charge is 0.256 e. The molecule has 0 aromatic heterocycles. The first-order valence-corrected chi connectivity index (χ1v) is 12.2. The number of nitrogens with zero attached hydrogens (tertiary/aromatic N) is 3. The number of rotatable bonds is 4. The number of piperidine rings is 1. The number of halogens is 3. The van der Waals surface area contributed by atoms with Gasteiger partial charge in [0.25, 0.3) is 5.91 Å². The van der Waals surface area contributed by atoms with Crippen molar-refractivity contribution < 1.29 is 18.4 Å². The third-order valence-corrected chi connectivity index (χ3v) is 7.91. The number of benzene rings is 2. The fourth-order valence-corrected chi connectivity index (χ4v) is 5.65. The summed E-state index contributed by atoms with van der Waals surface area (Å²) in [5.41, 5.74) is 0.919. The molecule has 2 aromatic carbocycles. The van der Waals surface area contributed by atoms with Gasteiger partial charge in [-0.2, -0.15) is 0 Å². The molecule has 5 nitrogen and oxygen atoms in total. The first kappa shape index (κ1) is 23.2. The van der Waals surface area contributed by atoms with Gasteiger partial charge in [-0.05, 0) is 60.6 Å². The van der Waals surface area contributed by atoms with E-state index in [9.17, 15) is 18.4 Å². The number of hydrogen-bond acceptors (Lipinski definition) is 3. The molecule has 2 aromatic rings. The molecule has 1 aliphatic carbocycles. The van der Waals surface area contributed by atoms with Crippen LogP contribution in [0.1, 0.15) is 35.2 Å². The Bertz CT molecular complexity index is 1100. The predicted octanol–water partition coefficient (Wildman–Crippen LogP) is 4.20. The average molecular weight is 488 g/mol. The van der Waals surface area contributed by atoms with Crippen molar-refractivity contribution in [1.29, 1.82) is 0 Å². The van der Waals surface area contributed by atoms with Crippen molar-refractivity contribution in [3.8, 4) is 0 Å². The zero-order chi connectivity index (χ0) is 23.9. The van der Waals surface area contributed by atoms with E-state index in [0.717, 1.165) is 37.9 Å². The van der Waals surface area contributed by atoms with Crippen LogP contribution < -0.4 is 0 Å². The van der Waals surface area contributed by atoms with Gasteiger partial charge in [-0.1, -0.05) is 23.7 Å². The zero-order valence-electron chi connectivity index (χ0n) is 19.0. The van der Waals surface area contributed by atoms with E-state index in [0.29, 0.717) is 37.7 Å². The lowest BCUT2D eigenvalue weighted by molar-refractivity contribution is -0.135. The second-order valence-corrected chi connectivity index (χ2v) is 10.2. The van der Waals surface area contributed by atoms with Gasteiger partial charge >= 0.3 is 0 Å². The predicted molar refractivity (Wildman–Crippen MR) is 125 cm³/mol. The summed E-state index contributed by atoms with van der Waals surface area (Å²) in [5.74, 6) is -0.900. The highest BCUT2D eigenvalue weighted by atomic mass is 35.5. The Kier molecular flexibility index (Phi) is 6.34. The van der Waals surface area contributed by atoms with E-state index in [1.165, 1.54) is 24.3 Å². The molecule has 2 saturated heterocycles. The van der Waals surface area contributed by atoms with E-state index in [4.69, 9.17) is 11.6 Å². The zero-order valence-corrected chi connectivity index (χ0v) is 19.7. The van der Waals surface area contributed by atoms with Crippen LogP contribution in [-0.2, 0) is 11.3 Å². The van der Waals surface area contributed by atoms with E-state index in [-0.39, 0.29) is 34.5 Å². The van der Waals surface area contributed by atoms with Crippen molar-refractivity contribution in [3.63, 3.8) is 0 Å². The summed E-state index contributed by atoms with van der Waals surface area (Å²) < 4.78 is 27.5. The molecule has 3 fully saturated rings. The highest BCUT2D eigenvalue weighted by Crippen LogP contribution is 2.60. The van der Waals surface area contributed by atoms with Gasteiger partial charge in [0.1, 0.15) is 11.6 Å². The molecule has 2 amide bonds. The van der Waals surface area contributed by atoms with Gasteiger partial charge < -0.3 is 9.80 Å². The molecule has 8 heteroatoms. The van der Waals surface area contributed by atoms with Crippen LogP contribution in [0.3, 0.4) is 0 Å². The number of hydrogen-bond donors (Lipinski definition) is 0. The van der Waals surface area contributed by atoms with Gasteiger partial charge in [0.05, 0.1) is 5.56 Å². The molecule has 2 heterocycles. The lowest BCUT2D eigenvalue weighted by Crippen LogP contribution is -2.49. The van der Waals surface area contributed by atoms with Gasteiger partial charge in [0.2, 0.25) is 5.91 Å². The molecule has 2 aliphatic heterocycles. The summed E-state index contributed by atoms with van der Waals surface area (Å²) in [5, 5.41) is 0.335. The van der Waals surface area contributed by atoms with Crippen LogP contribution in [0.4, 0.5) is 8.78 Å². The van der Waals surface area contributed by atoms with Crippen molar-refractivity contribution >= 4 is 23.4 Å². The number of carbonyl (C=O) groups is 2. The van der Waals surface area contributed by atoms with E-state index < -0.39 is 5.82 Å². The van der Waals surface area contributed by atoms with Crippen LogP contribution in [0.15, 0.2) is 42.5 Å². The largest absolute Gasteiger partial charge is 0.340 e. The van der Waals surface area contributed by atoms with Crippen molar-refractivity contribution in [1.82, 2.24) is 14.7 Å². The minimum absolute atomic E-state index is 0.00276. The van der Waals surface area contributed by atoms with E-state index >= 15 is 0 Å². The Morgan fingerprint density at radius 3 is 2.38 bits per heavy atom. The maximum absolute atomic E-state index is 14.1. The maximum atomic E-state index is 14.1. The molecule has 34 heavy (non-hydrogen) atoms. The SMILES string of the molecule is O=C(c1cc(Cl)ccc1F)N1CCC2(CC1)C[C@@H]2C(=O)N1CCN(Cc2cccc(F)c2)CC1. The van der Waals surface area contributed by atoms with E-state index in [2.05, 4.69) is 4.90 Å². The van der Waals surface area contributed by atoms with Crippen LogP contribution in [-0.4, -0.2) is 65.8 Å². The maximum Gasteiger partial charge on any atom is 0.256 e. The minimum atomic E-state index is -0.564. The van der Waals surface area contributed by atoms with Crippen LogP contribution in [0.5, 0.6) is 0 Å². The summed E-state index contributed by atoms with van der Waals surface area (Å²) in [4.78, 5) is 31.8. The highest BCUT2D eigenvalue weighted by Gasteiger charge is 2.59. The standard InChI is InChI=1S/C26H28ClF2N3O2/c27-19-4-5-23(29)21(15-19)24(33)31-8-6-26(7-9-31)16-22(26)25(34)32-12-10-30(11-13-32)17-18-2-1-3-20(28)14-18/h1-5,14-15,22H,6-13,16-17H2/t22-/m1/s1. The molecule has 180 valence electrons. The van der Waals surface area contributed by atoms with Gasteiger partial charge in [-0.15, -0.1) is 0 Å². The fourth-order valence-electron chi connectivity index (χ4n) is 5.48. The second-order valence-electron chi connectivity index (χ2n) is 9.77. The molecule has 1 saturated carbocycles. The Balaban J connectivity index is 1.11. The molecule has 3 aliphatic rings. The molecule has 0 radical (unpaired) electrons. The van der Waals surface area contributed by atoms with Crippen molar-refractivity contribution in [3.05, 3.63) is 70.2 Å². The Hall–Kier alpha value is -2.51. The van der Waals surface area contributed by atoms with Crippen LogP contribution in [0, 0.1) is 23.0 Å². The lowest BCUT2D eigenvalue weighted by Gasteiger charge is -2.36. The number of amides is 2.